The Balaban J connectivity index is 2.52. The zero-order valence-electron chi connectivity index (χ0n) is 10.0. The summed E-state index contributed by atoms with van der Waals surface area (Å²) in [7, 11) is 0. The third-order valence-corrected chi connectivity index (χ3v) is 2.57. The van der Waals surface area contributed by atoms with E-state index in [0.717, 1.165) is 0 Å². The van der Waals surface area contributed by atoms with E-state index in [4.69, 9.17) is 5.73 Å². The van der Waals surface area contributed by atoms with Crippen molar-refractivity contribution in [3.05, 3.63) is 35.1 Å². The third-order valence-electron chi connectivity index (χ3n) is 2.37. The summed E-state index contributed by atoms with van der Waals surface area (Å²) in [6.07, 6.45) is 1.79. The predicted molar refractivity (Wildman–Crippen MR) is 69.3 cm³/mol. The van der Waals surface area contributed by atoms with Crippen molar-refractivity contribution in [2.45, 2.75) is 19.3 Å². The van der Waals surface area contributed by atoms with Gasteiger partial charge < -0.3 is 11.1 Å². The molecule has 0 aliphatic heterocycles. The molecule has 0 saturated heterocycles. The molecular formula is C12H13F3N2OS. The topological polar surface area (TPSA) is 55.1 Å². The Labute approximate surface area is 114 Å². The Bertz CT molecular complexity index is 471. The summed E-state index contributed by atoms with van der Waals surface area (Å²) in [5, 5.41) is 2.35. The van der Waals surface area contributed by atoms with Crippen molar-refractivity contribution in [1.29, 1.82) is 0 Å². The summed E-state index contributed by atoms with van der Waals surface area (Å²) >= 11 is 4.68. The van der Waals surface area contributed by atoms with Crippen LogP contribution in [0.2, 0.25) is 0 Å². The summed E-state index contributed by atoms with van der Waals surface area (Å²) in [5.41, 5.74) is 4.51. The number of nitrogens with one attached hydrogen (secondary N) is 1. The van der Waals surface area contributed by atoms with Crippen LogP contribution < -0.4 is 11.1 Å². The highest BCUT2D eigenvalue weighted by atomic mass is 32.1. The fraction of sp³-hybridized carbons (Fsp3) is 0.333. The van der Waals surface area contributed by atoms with Gasteiger partial charge in [0.05, 0.1) is 4.99 Å². The molecule has 0 heterocycles. The number of benzene rings is 1. The first-order valence-electron chi connectivity index (χ1n) is 5.63. The lowest BCUT2D eigenvalue weighted by molar-refractivity contribution is 0.0944. The van der Waals surface area contributed by atoms with Crippen LogP contribution in [-0.2, 0) is 0 Å². The molecule has 0 spiro atoms. The van der Waals surface area contributed by atoms with Gasteiger partial charge in [-0.15, -0.1) is 0 Å². The minimum atomic E-state index is -1.22. The Morgan fingerprint density at radius 3 is 2.32 bits per heavy atom. The minimum absolute atomic E-state index is 0.234. The third kappa shape index (κ3) is 4.86. The second-order valence-corrected chi connectivity index (χ2v) is 4.45. The maximum atomic E-state index is 13.3. The Morgan fingerprint density at radius 1 is 1.21 bits per heavy atom. The number of nitrogens with two attached hydrogens (primary N) is 1. The molecule has 3 nitrogen and oxygen atoms in total. The first-order chi connectivity index (χ1) is 8.91. The van der Waals surface area contributed by atoms with Gasteiger partial charge >= 0.3 is 0 Å². The van der Waals surface area contributed by atoms with Gasteiger partial charge in [-0.05, 0) is 19.3 Å². The van der Waals surface area contributed by atoms with E-state index in [9.17, 15) is 18.0 Å². The van der Waals surface area contributed by atoms with Crippen LogP contribution in [-0.4, -0.2) is 17.4 Å². The highest BCUT2D eigenvalue weighted by molar-refractivity contribution is 7.80. The van der Waals surface area contributed by atoms with E-state index in [1.54, 1.807) is 0 Å². The van der Waals surface area contributed by atoms with Crippen LogP contribution in [0.15, 0.2) is 12.1 Å². The summed E-state index contributed by atoms with van der Waals surface area (Å²) in [6, 6.07) is 0.926. The number of unbranched alkanes of at least 4 members (excludes halogenated alkanes) is 1. The number of carbonyl (C=O) groups excluding carboxylic acids is 1. The first kappa shape index (κ1) is 15.4. The highest BCUT2D eigenvalue weighted by Gasteiger charge is 2.18. The quantitative estimate of drug-likeness (QED) is 0.624. The van der Waals surface area contributed by atoms with Crippen LogP contribution >= 0.6 is 12.2 Å². The van der Waals surface area contributed by atoms with Gasteiger partial charge in [-0.2, -0.15) is 0 Å². The Kier molecular flexibility index (Phi) is 5.75. The molecule has 104 valence electrons. The molecule has 1 amide bonds. The van der Waals surface area contributed by atoms with Crippen molar-refractivity contribution >= 4 is 23.1 Å². The van der Waals surface area contributed by atoms with Gasteiger partial charge in [0, 0.05) is 18.7 Å². The molecule has 0 aliphatic rings. The number of hydrogen-bond acceptors (Lipinski definition) is 2. The molecule has 1 rings (SSSR count). The fourth-order valence-corrected chi connectivity index (χ4v) is 1.62. The maximum absolute atomic E-state index is 13.3. The van der Waals surface area contributed by atoms with Crippen LogP contribution in [0.3, 0.4) is 0 Å². The molecule has 0 bridgehead atoms. The van der Waals surface area contributed by atoms with Crippen LogP contribution in [0.5, 0.6) is 0 Å². The van der Waals surface area contributed by atoms with E-state index >= 15 is 0 Å². The van der Waals surface area contributed by atoms with Gasteiger partial charge in [0.25, 0.3) is 5.91 Å². The van der Waals surface area contributed by atoms with E-state index in [-0.39, 0.29) is 6.54 Å². The number of amides is 1. The summed E-state index contributed by atoms with van der Waals surface area (Å²) in [4.78, 5) is 11.9. The average molecular weight is 290 g/mol. The fourth-order valence-electron chi connectivity index (χ4n) is 1.47. The molecule has 1 aromatic rings. The normalized spacial score (nSPS) is 10.3. The van der Waals surface area contributed by atoms with E-state index < -0.39 is 28.9 Å². The Morgan fingerprint density at radius 2 is 1.79 bits per heavy atom. The summed E-state index contributed by atoms with van der Waals surface area (Å²) in [5.74, 6) is -4.43. The van der Waals surface area contributed by atoms with Crippen LogP contribution in [0, 0.1) is 17.5 Å². The summed E-state index contributed by atoms with van der Waals surface area (Å²) < 4.78 is 39.2. The van der Waals surface area contributed by atoms with E-state index in [1.165, 1.54) is 0 Å². The molecule has 0 aliphatic carbocycles. The maximum Gasteiger partial charge on any atom is 0.257 e. The second kappa shape index (κ2) is 7.08. The molecule has 0 radical (unpaired) electrons. The van der Waals surface area contributed by atoms with Gasteiger partial charge in [0.2, 0.25) is 0 Å². The number of hydrogen-bond donors (Lipinski definition) is 2. The largest absolute Gasteiger partial charge is 0.393 e. The molecule has 1 aromatic carbocycles. The molecule has 0 atom stereocenters. The predicted octanol–water partition coefficient (Wildman–Crippen LogP) is 2.29. The number of halogens is 3. The molecule has 0 aromatic heterocycles. The molecule has 0 fully saturated rings. The van der Waals surface area contributed by atoms with Gasteiger partial charge in [-0.25, -0.2) is 13.2 Å². The van der Waals surface area contributed by atoms with Crippen molar-refractivity contribution in [3.63, 3.8) is 0 Å². The lowest BCUT2D eigenvalue weighted by Crippen LogP contribution is -2.26. The molecule has 7 heteroatoms. The summed E-state index contributed by atoms with van der Waals surface area (Å²) in [6.45, 7) is 0.234. The van der Waals surface area contributed by atoms with Crippen LogP contribution in [0.25, 0.3) is 0 Å². The molecule has 3 N–H and O–H groups in total. The standard InChI is InChI=1S/C12H13F3N2OS/c13-7-5-8(14)11(9(15)6-7)12(18)17-4-2-1-3-10(16)19/h5-6H,1-4H2,(H2,16,19)(H,17,18). The molecule has 19 heavy (non-hydrogen) atoms. The van der Waals surface area contributed by atoms with Crippen LogP contribution in [0.4, 0.5) is 13.2 Å². The highest BCUT2D eigenvalue weighted by Crippen LogP contribution is 2.14. The lowest BCUT2D eigenvalue weighted by Gasteiger charge is -2.07. The van der Waals surface area contributed by atoms with Gasteiger partial charge in [-0.1, -0.05) is 12.2 Å². The minimum Gasteiger partial charge on any atom is -0.393 e. The number of carbonyl (C=O) groups is 1. The van der Waals surface area contributed by atoms with Crippen molar-refractivity contribution in [2.75, 3.05) is 6.54 Å². The van der Waals surface area contributed by atoms with E-state index in [1.807, 2.05) is 0 Å². The van der Waals surface area contributed by atoms with Crippen LogP contribution in [0.1, 0.15) is 29.6 Å². The number of rotatable bonds is 6. The second-order valence-electron chi connectivity index (χ2n) is 3.92. The molecule has 0 unspecified atom stereocenters. The molecule has 0 saturated carbocycles. The van der Waals surface area contributed by atoms with Gasteiger partial charge in [0.1, 0.15) is 23.0 Å². The van der Waals surface area contributed by atoms with E-state index in [0.29, 0.717) is 36.4 Å². The zero-order valence-corrected chi connectivity index (χ0v) is 10.8. The lowest BCUT2D eigenvalue weighted by atomic mass is 10.1. The van der Waals surface area contributed by atoms with Gasteiger partial charge in [0.15, 0.2) is 0 Å². The average Bonchev–Trinajstić information content (AvgIpc) is 2.26. The monoisotopic (exact) mass is 290 g/mol. The smallest absolute Gasteiger partial charge is 0.257 e. The first-order valence-corrected chi connectivity index (χ1v) is 6.03. The van der Waals surface area contributed by atoms with Crippen molar-refractivity contribution in [2.24, 2.45) is 5.73 Å². The van der Waals surface area contributed by atoms with Crippen molar-refractivity contribution in [1.82, 2.24) is 5.32 Å². The zero-order chi connectivity index (χ0) is 14.4. The Hall–Kier alpha value is -1.63. The van der Waals surface area contributed by atoms with Crippen molar-refractivity contribution < 1.29 is 18.0 Å². The number of thiocarbonyl (C=S) groups is 1. The van der Waals surface area contributed by atoms with Gasteiger partial charge in [-0.3, -0.25) is 4.79 Å². The van der Waals surface area contributed by atoms with Crippen molar-refractivity contribution in [3.8, 4) is 0 Å². The SMILES string of the molecule is NC(=S)CCCCNC(=O)c1c(F)cc(F)cc1F. The van der Waals surface area contributed by atoms with E-state index in [2.05, 4.69) is 17.5 Å². The molecular weight excluding hydrogens is 277 g/mol.